The molecule has 68 valence electrons. The fourth-order valence-corrected chi connectivity index (χ4v) is 2.48. The summed E-state index contributed by atoms with van der Waals surface area (Å²) in [4.78, 5) is 0. The average Bonchev–Trinajstić information content (AvgIpc) is 1.97. The van der Waals surface area contributed by atoms with Gasteiger partial charge < -0.3 is 4.52 Å². The standard InChI is InChI=1S/C7H16ClO2P/c1-3-5-7-11(8,9)10-6-4-2/h3-7H2,1-2H3. The van der Waals surface area contributed by atoms with E-state index in [1.165, 1.54) is 0 Å². The third kappa shape index (κ3) is 6.86. The highest BCUT2D eigenvalue weighted by Crippen LogP contribution is 2.52. The summed E-state index contributed by atoms with van der Waals surface area (Å²) in [6.45, 7) is 1.76. The molecule has 0 bridgehead atoms. The highest BCUT2D eigenvalue weighted by molar-refractivity contribution is 7.85. The summed E-state index contributed by atoms with van der Waals surface area (Å²) >= 11 is 5.63. The quantitative estimate of drug-likeness (QED) is 0.609. The van der Waals surface area contributed by atoms with E-state index in [4.69, 9.17) is 15.8 Å². The van der Waals surface area contributed by atoms with Crippen LogP contribution in [-0.4, -0.2) is 12.8 Å². The Labute approximate surface area is 73.5 Å². The zero-order valence-corrected chi connectivity index (χ0v) is 8.83. The van der Waals surface area contributed by atoms with Crippen LogP contribution in [0, 0.1) is 0 Å². The van der Waals surface area contributed by atoms with Gasteiger partial charge in [0.15, 0.2) is 0 Å². The molecular weight excluding hydrogens is 183 g/mol. The Kier molecular flexibility index (Phi) is 6.31. The first-order chi connectivity index (χ1) is 5.12. The first kappa shape index (κ1) is 11.5. The summed E-state index contributed by atoms with van der Waals surface area (Å²) in [6.07, 6.45) is 3.25. The molecule has 0 aliphatic rings. The minimum absolute atomic E-state index is 0.504. The summed E-state index contributed by atoms with van der Waals surface area (Å²) in [5.74, 6) is 0. The number of hydrogen-bond acceptors (Lipinski definition) is 2. The Morgan fingerprint density at radius 2 is 2.00 bits per heavy atom. The molecular formula is C7H16ClO2P. The van der Waals surface area contributed by atoms with E-state index in [0.717, 1.165) is 19.3 Å². The van der Waals surface area contributed by atoms with Crippen molar-refractivity contribution < 1.29 is 9.09 Å². The number of hydrogen-bond donors (Lipinski definition) is 0. The van der Waals surface area contributed by atoms with Gasteiger partial charge >= 0.3 is 0 Å². The molecule has 0 aliphatic carbocycles. The summed E-state index contributed by atoms with van der Waals surface area (Å²) < 4.78 is 16.3. The van der Waals surface area contributed by atoms with Gasteiger partial charge in [0.25, 0.3) is 6.72 Å². The van der Waals surface area contributed by atoms with E-state index in [1.807, 2.05) is 13.8 Å². The third-order valence-electron chi connectivity index (χ3n) is 1.27. The van der Waals surface area contributed by atoms with Gasteiger partial charge in [-0.2, -0.15) is 0 Å². The van der Waals surface area contributed by atoms with Gasteiger partial charge in [-0.1, -0.05) is 20.3 Å². The molecule has 0 spiro atoms. The van der Waals surface area contributed by atoms with Gasteiger partial charge in [0.2, 0.25) is 0 Å². The number of halogens is 1. The molecule has 0 radical (unpaired) electrons. The SMILES string of the molecule is CCCCP(=O)(Cl)OCCC. The predicted molar refractivity (Wildman–Crippen MR) is 49.5 cm³/mol. The smallest absolute Gasteiger partial charge is 0.290 e. The van der Waals surface area contributed by atoms with Crippen LogP contribution in [0.1, 0.15) is 33.1 Å². The molecule has 0 heterocycles. The van der Waals surface area contributed by atoms with E-state index >= 15 is 0 Å². The van der Waals surface area contributed by atoms with Crippen molar-refractivity contribution in [2.45, 2.75) is 33.1 Å². The third-order valence-corrected chi connectivity index (χ3v) is 3.49. The Balaban J connectivity index is 3.53. The second kappa shape index (κ2) is 6.05. The molecule has 4 heteroatoms. The molecule has 1 atom stereocenters. The van der Waals surface area contributed by atoms with Gasteiger partial charge in [-0.25, -0.2) is 0 Å². The van der Waals surface area contributed by atoms with E-state index < -0.39 is 6.72 Å². The number of rotatable bonds is 6. The molecule has 0 aromatic heterocycles. The summed E-state index contributed by atoms with van der Waals surface area (Å²) in [7, 11) is 0. The zero-order valence-electron chi connectivity index (χ0n) is 7.18. The van der Waals surface area contributed by atoms with Gasteiger partial charge in [-0.05, 0) is 24.1 Å². The minimum Gasteiger partial charge on any atom is -0.318 e. The van der Waals surface area contributed by atoms with E-state index in [1.54, 1.807) is 0 Å². The van der Waals surface area contributed by atoms with Crippen LogP contribution in [0.15, 0.2) is 0 Å². The maximum absolute atomic E-state index is 11.3. The van der Waals surface area contributed by atoms with Crippen LogP contribution >= 0.6 is 18.0 Å². The fraction of sp³-hybridized carbons (Fsp3) is 1.00. The van der Waals surface area contributed by atoms with Crippen LogP contribution in [0.3, 0.4) is 0 Å². The lowest BCUT2D eigenvalue weighted by molar-refractivity contribution is 0.323. The minimum atomic E-state index is -2.75. The highest BCUT2D eigenvalue weighted by atomic mass is 35.7. The van der Waals surface area contributed by atoms with E-state index in [0.29, 0.717) is 12.8 Å². The molecule has 0 aliphatic heterocycles. The maximum Gasteiger partial charge on any atom is 0.290 e. The largest absolute Gasteiger partial charge is 0.318 e. The van der Waals surface area contributed by atoms with Crippen LogP contribution in [0.2, 0.25) is 0 Å². The van der Waals surface area contributed by atoms with Crippen molar-refractivity contribution in [1.29, 1.82) is 0 Å². The molecule has 0 saturated carbocycles. The highest BCUT2D eigenvalue weighted by Gasteiger charge is 2.17. The lowest BCUT2D eigenvalue weighted by Gasteiger charge is -2.09. The molecule has 0 amide bonds. The molecule has 0 saturated heterocycles. The topological polar surface area (TPSA) is 26.3 Å². The first-order valence-electron chi connectivity index (χ1n) is 4.05. The fourth-order valence-electron chi connectivity index (χ4n) is 0.639. The van der Waals surface area contributed by atoms with Crippen molar-refractivity contribution in [3.8, 4) is 0 Å². The van der Waals surface area contributed by atoms with Crippen LogP contribution < -0.4 is 0 Å². The van der Waals surface area contributed by atoms with Crippen molar-refractivity contribution in [3.63, 3.8) is 0 Å². The molecule has 1 unspecified atom stereocenters. The van der Waals surface area contributed by atoms with E-state index in [2.05, 4.69) is 0 Å². The molecule has 0 fully saturated rings. The first-order valence-corrected chi connectivity index (χ1v) is 6.77. The van der Waals surface area contributed by atoms with Gasteiger partial charge in [-0.3, -0.25) is 4.57 Å². The Hall–Kier alpha value is 0.480. The second-order valence-electron chi connectivity index (χ2n) is 2.50. The second-order valence-corrected chi connectivity index (χ2v) is 5.93. The Bertz CT molecular complexity index is 126. The normalized spacial score (nSPS) is 16.3. The van der Waals surface area contributed by atoms with E-state index in [-0.39, 0.29) is 0 Å². The van der Waals surface area contributed by atoms with Crippen molar-refractivity contribution in [1.82, 2.24) is 0 Å². The van der Waals surface area contributed by atoms with E-state index in [9.17, 15) is 4.57 Å². The summed E-state index contributed by atoms with van der Waals surface area (Å²) in [5.41, 5.74) is 0. The van der Waals surface area contributed by atoms with Crippen molar-refractivity contribution in [2.75, 3.05) is 12.8 Å². The van der Waals surface area contributed by atoms with Crippen LogP contribution in [0.25, 0.3) is 0 Å². The van der Waals surface area contributed by atoms with Gasteiger partial charge in [0.05, 0.1) is 6.61 Å². The zero-order chi connectivity index (χ0) is 8.74. The van der Waals surface area contributed by atoms with Gasteiger partial charge in [0, 0.05) is 6.16 Å². The molecule has 11 heavy (non-hydrogen) atoms. The monoisotopic (exact) mass is 198 g/mol. The van der Waals surface area contributed by atoms with Crippen LogP contribution in [0.4, 0.5) is 0 Å². The van der Waals surface area contributed by atoms with Crippen LogP contribution in [-0.2, 0) is 9.09 Å². The lowest BCUT2D eigenvalue weighted by atomic mass is 10.4. The van der Waals surface area contributed by atoms with Gasteiger partial charge in [0.1, 0.15) is 0 Å². The predicted octanol–water partition coefficient (Wildman–Crippen LogP) is 3.65. The van der Waals surface area contributed by atoms with Crippen LogP contribution in [0.5, 0.6) is 0 Å². The van der Waals surface area contributed by atoms with Gasteiger partial charge in [-0.15, -0.1) is 0 Å². The average molecular weight is 199 g/mol. The van der Waals surface area contributed by atoms with Crippen molar-refractivity contribution >= 4 is 18.0 Å². The molecule has 0 rings (SSSR count). The lowest BCUT2D eigenvalue weighted by Crippen LogP contribution is -1.91. The Morgan fingerprint density at radius 1 is 1.36 bits per heavy atom. The number of unbranched alkanes of at least 4 members (excludes halogenated alkanes) is 1. The van der Waals surface area contributed by atoms with Crippen molar-refractivity contribution in [3.05, 3.63) is 0 Å². The molecule has 2 nitrogen and oxygen atoms in total. The summed E-state index contributed by atoms with van der Waals surface area (Å²) in [6, 6.07) is 0. The Morgan fingerprint density at radius 3 is 2.45 bits per heavy atom. The van der Waals surface area contributed by atoms with Crippen molar-refractivity contribution in [2.24, 2.45) is 0 Å². The molecule has 0 aromatic carbocycles. The maximum atomic E-state index is 11.3. The summed E-state index contributed by atoms with van der Waals surface area (Å²) in [5, 5.41) is 0. The molecule has 0 aromatic rings. The molecule has 0 N–H and O–H groups in total.